The standard InChI is InChI=1S/C28H28N6.ClH/c1-3-23(29-11-1)27-31-16-26(34-27)21-8-7-17-13-18(5-6-19(17)14-21)20-9-10-22-25(15-20)33-28(32-22)24-4-2-12-30-24;/h5-10,13-16,23-24,29-30H,1-4,11-12H2,(H,31,34)(H,32,33);1H/t23-,24?;/m0./s1. The predicted molar refractivity (Wildman–Crippen MR) is 144 cm³/mol. The van der Waals surface area contributed by atoms with Crippen LogP contribution in [-0.4, -0.2) is 33.0 Å². The predicted octanol–water partition coefficient (Wildman–Crippen LogP) is 6.04. The van der Waals surface area contributed by atoms with E-state index in [-0.39, 0.29) is 12.4 Å². The van der Waals surface area contributed by atoms with E-state index < -0.39 is 0 Å². The topological polar surface area (TPSA) is 81.4 Å². The van der Waals surface area contributed by atoms with Crippen molar-refractivity contribution < 1.29 is 0 Å². The summed E-state index contributed by atoms with van der Waals surface area (Å²) in [6, 6.07) is 20.6. The van der Waals surface area contributed by atoms with Gasteiger partial charge in [0.2, 0.25) is 0 Å². The first-order chi connectivity index (χ1) is 16.8. The van der Waals surface area contributed by atoms with E-state index in [1.807, 2.05) is 6.20 Å². The molecule has 2 aliphatic heterocycles. The molecule has 4 heterocycles. The van der Waals surface area contributed by atoms with Crippen LogP contribution in [0.15, 0.2) is 60.8 Å². The van der Waals surface area contributed by atoms with Crippen molar-refractivity contribution in [2.75, 3.05) is 13.1 Å². The van der Waals surface area contributed by atoms with Crippen LogP contribution in [0.25, 0.3) is 44.2 Å². The fourth-order valence-corrected chi connectivity index (χ4v) is 5.46. The molecule has 35 heavy (non-hydrogen) atoms. The molecular formula is C28H29ClN6. The summed E-state index contributed by atoms with van der Waals surface area (Å²) in [6.07, 6.45) is 6.68. The normalized spacial score (nSPS) is 20.0. The lowest BCUT2D eigenvalue weighted by atomic mass is 9.99. The van der Waals surface area contributed by atoms with Crippen LogP contribution < -0.4 is 10.6 Å². The Morgan fingerprint density at radius 3 is 2.09 bits per heavy atom. The molecule has 4 N–H and O–H groups in total. The lowest BCUT2D eigenvalue weighted by Crippen LogP contribution is -2.14. The number of fused-ring (bicyclic) bond motifs is 2. The van der Waals surface area contributed by atoms with Crippen molar-refractivity contribution in [3.63, 3.8) is 0 Å². The molecule has 0 aliphatic carbocycles. The Balaban J connectivity index is 0.00000229. The van der Waals surface area contributed by atoms with Gasteiger partial charge < -0.3 is 20.6 Å². The minimum atomic E-state index is 0. The number of aromatic amines is 2. The molecule has 2 aliphatic rings. The Morgan fingerprint density at radius 1 is 0.686 bits per heavy atom. The quantitative estimate of drug-likeness (QED) is 0.250. The second-order valence-electron chi connectivity index (χ2n) is 9.61. The molecule has 2 aromatic heterocycles. The summed E-state index contributed by atoms with van der Waals surface area (Å²) in [5.74, 6) is 2.10. The molecule has 178 valence electrons. The van der Waals surface area contributed by atoms with Crippen molar-refractivity contribution in [1.29, 1.82) is 0 Å². The molecule has 7 rings (SSSR count). The number of H-pyrrole nitrogens is 2. The van der Waals surface area contributed by atoms with Gasteiger partial charge in [0.15, 0.2) is 0 Å². The second-order valence-corrected chi connectivity index (χ2v) is 9.61. The maximum absolute atomic E-state index is 4.81. The number of nitrogens with zero attached hydrogens (tertiary/aromatic N) is 2. The van der Waals surface area contributed by atoms with Crippen LogP contribution >= 0.6 is 12.4 Å². The van der Waals surface area contributed by atoms with E-state index in [0.29, 0.717) is 12.1 Å². The Bertz CT molecular complexity index is 1490. The van der Waals surface area contributed by atoms with Gasteiger partial charge in [-0.3, -0.25) is 0 Å². The van der Waals surface area contributed by atoms with Crippen LogP contribution in [0, 0.1) is 0 Å². The third-order valence-electron chi connectivity index (χ3n) is 7.36. The molecule has 0 radical (unpaired) electrons. The van der Waals surface area contributed by atoms with E-state index in [9.17, 15) is 0 Å². The van der Waals surface area contributed by atoms with Gasteiger partial charge in [-0.1, -0.05) is 30.3 Å². The first kappa shape index (κ1) is 22.3. The number of rotatable bonds is 4. The Morgan fingerprint density at radius 2 is 1.34 bits per heavy atom. The van der Waals surface area contributed by atoms with Gasteiger partial charge >= 0.3 is 0 Å². The van der Waals surface area contributed by atoms with Crippen molar-refractivity contribution in [2.24, 2.45) is 0 Å². The van der Waals surface area contributed by atoms with Gasteiger partial charge in [0.05, 0.1) is 35.0 Å². The number of halogens is 1. The highest BCUT2D eigenvalue weighted by atomic mass is 35.5. The van der Waals surface area contributed by atoms with Crippen LogP contribution in [0.3, 0.4) is 0 Å². The Kier molecular flexibility index (Phi) is 5.80. The van der Waals surface area contributed by atoms with E-state index >= 15 is 0 Å². The van der Waals surface area contributed by atoms with E-state index in [4.69, 9.17) is 4.98 Å². The molecule has 5 aromatic rings. The zero-order chi connectivity index (χ0) is 22.5. The fourth-order valence-electron chi connectivity index (χ4n) is 5.46. The summed E-state index contributed by atoms with van der Waals surface area (Å²) < 4.78 is 0. The van der Waals surface area contributed by atoms with Crippen LogP contribution in [-0.2, 0) is 0 Å². The first-order valence-electron chi connectivity index (χ1n) is 12.4. The summed E-state index contributed by atoms with van der Waals surface area (Å²) in [6.45, 7) is 2.15. The molecule has 2 atom stereocenters. The molecule has 1 unspecified atom stereocenters. The molecule has 6 nitrogen and oxygen atoms in total. The minimum absolute atomic E-state index is 0. The van der Waals surface area contributed by atoms with E-state index in [2.05, 4.69) is 80.2 Å². The molecular weight excluding hydrogens is 456 g/mol. The van der Waals surface area contributed by atoms with Gasteiger partial charge in [0, 0.05) is 5.56 Å². The summed E-state index contributed by atoms with van der Waals surface area (Å²) in [4.78, 5) is 16.5. The van der Waals surface area contributed by atoms with E-state index in [1.54, 1.807) is 0 Å². The van der Waals surface area contributed by atoms with Crippen LogP contribution in [0.4, 0.5) is 0 Å². The summed E-state index contributed by atoms with van der Waals surface area (Å²) in [7, 11) is 0. The minimum Gasteiger partial charge on any atom is -0.341 e. The smallest absolute Gasteiger partial charge is 0.124 e. The largest absolute Gasteiger partial charge is 0.341 e. The van der Waals surface area contributed by atoms with Gasteiger partial charge in [-0.05, 0) is 84.9 Å². The van der Waals surface area contributed by atoms with Gasteiger partial charge in [0.25, 0.3) is 0 Å². The average Bonchev–Trinajstić information content (AvgIpc) is 3.69. The third kappa shape index (κ3) is 4.12. The lowest BCUT2D eigenvalue weighted by Gasteiger charge is -2.07. The molecule has 0 bridgehead atoms. The number of hydrogen-bond donors (Lipinski definition) is 4. The summed E-state index contributed by atoms with van der Waals surface area (Å²) >= 11 is 0. The maximum atomic E-state index is 4.81. The second kappa shape index (κ2) is 9.11. The molecule has 0 saturated carbocycles. The molecule has 0 amide bonds. The zero-order valence-corrected chi connectivity index (χ0v) is 20.3. The number of hydrogen-bond acceptors (Lipinski definition) is 4. The van der Waals surface area contributed by atoms with Crippen molar-refractivity contribution >= 4 is 34.2 Å². The van der Waals surface area contributed by atoms with Crippen molar-refractivity contribution in [3.8, 4) is 22.4 Å². The van der Waals surface area contributed by atoms with Crippen LogP contribution in [0.1, 0.15) is 49.4 Å². The number of benzene rings is 3. The fraction of sp³-hybridized carbons (Fsp3) is 0.286. The molecule has 0 spiro atoms. The van der Waals surface area contributed by atoms with E-state index in [0.717, 1.165) is 54.3 Å². The average molecular weight is 485 g/mol. The summed E-state index contributed by atoms with van der Waals surface area (Å²) in [5.41, 5.74) is 6.80. The highest BCUT2D eigenvalue weighted by Gasteiger charge is 2.20. The van der Waals surface area contributed by atoms with Gasteiger partial charge in [0.1, 0.15) is 11.6 Å². The molecule has 3 aromatic carbocycles. The van der Waals surface area contributed by atoms with Crippen LogP contribution in [0.5, 0.6) is 0 Å². The lowest BCUT2D eigenvalue weighted by molar-refractivity contribution is 0.613. The van der Waals surface area contributed by atoms with Gasteiger partial charge in [-0.15, -0.1) is 12.4 Å². The number of imidazole rings is 2. The monoisotopic (exact) mass is 484 g/mol. The zero-order valence-electron chi connectivity index (χ0n) is 19.5. The Hall–Kier alpha value is -3.19. The van der Waals surface area contributed by atoms with Crippen LogP contribution in [0.2, 0.25) is 0 Å². The Labute approximate surface area is 210 Å². The summed E-state index contributed by atoms with van der Waals surface area (Å²) in [5, 5.41) is 9.51. The number of aromatic nitrogens is 4. The number of nitrogens with one attached hydrogen (secondary N) is 4. The van der Waals surface area contributed by atoms with Crippen molar-refractivity contribution in [2.45, 2.75) is 37.8 Å². The first-order valence-corrected chi connectivity index (χ1v) is 12.4. The maximum Gasteiger partial charge on any atom is 0.124 e. The van der Waals surface area contributed by atoms with Gasteiger partial charge in [-0.25, -0.2) is 9.97 Å². The highest BCUT2D eigenvalue weighted by molar-refractivity contribution is 5.91. The van der Waals surface area contributed by atoms with Crippen molar-refractivity contribution in [1.82, 2.24) is 30.6 Å². The third-order valence-corrected chi connectivity index (χ3v) is 7.36. The molecule has 2 saturated heterocycles. The SMILES string of the molecule is Cl.c1cc2cc(-c3cnc([C@@H]4CCCN4)[nH]3)ccc2cc1-c1ccc2nc(C3CCCN3)[nH]c2c1. The molecule has 2 fully saturated rings. The van der Waals surface area contributed by atoms with E-state index in [1.165, 1.54) is 40.3 Å². The van der Waals surface area contributed by atoms with Crippen molar-refractivity contribution in [3.05, 3.63) is 72.4 Å². The molecule has 7 heteroatoms. The highest BCUT2D eigenvalue weighted by Crippen LogP contribution is 2.31. The van der Waals surface area contributed by atoms with Gasteiger partial charge in [-0.2, -0.15) is 0 Å².